The van der Waals surface area contributed by atoms with Crippen LogP contribution >= 0.6 is 0 Å². The van der Waals surface area contributed by atoms with Gasteiger partial charge in [0.1, 0.15) is 11.6 Å². The van der Waals surface area contributed by atoms with Gasteiger partial charge in [0.05, 0.1) is 17.1 Å². The maximum Gasteiger partial charge on any atom is 0.239 e. The lowest BCUT2D eigenvalue weighted by Crippen LogP contribution is -2.02. The Kier molecular flexibility index (Phi) is 4.84. The summed E-state index contributed by atoms with van der Waals surface area (Å²) in [5.74, 6) is 1.26. The summed E-state index contributed by atoms with van der Waals surface area (Å²) in [7, 11) is -1.22. The van der Waals surface area contributed by atoms with Gasteiger partial charge < -0.3 is 4.52 Å². The van der Waals surface area contributed by atoms with Crippen molar-refractivity contribution in [2.24, 2.45) is 0 Å². The molecule has 1 atom stereocenters. The summed E-state index contributed by atoms with van der Waals surface area (Å²) in [5.41, 5.74) is 1.27. The third-order valence-corrected chi connectivity index (χ3v) is 4.50. The zero-order valence-electron chi connectivity index (χ0n) is 13.3. The van der Waals surface area contributed by atoms with E-state index in [9.17, 15) is 8.60 Å². The van der Waals surface area contributed by atoms with Crippen molar-refractivity contribution in [1.29, 1.82) is 0 Å². The van der Waals surface area contributed by atoms with E-state index < -0.39 is 10.8 Å². The van der Waals surface area contributed by atoms with Crippen LogP contribution < -0.4 is 0 Å². The smallest absolute Gasteiger partial charge is 0.239 e. The lowest BCUT2D eigenvalue weighted by Gasteiger charge is -2.01. The van der Waals surface area contributed by atoms with E-state index in [4.69, 9.17) is 4.52 Å². The average Bonchev–Trinajstić information content (AvgIpc) is 3.17. The van der Waals surface area contributed by atoms with E-state index in [1.165, 1.54) is 12.1 Å². The fourth-order valence-electron chi connectivity index (χ4n) is 2.12. The fourth-order valence-corrected chi connectivity index (χ4v) is 3.09. The van der Waals surface area contributed by atoms with E-state index in [2.05, 4.69) is 15.2 Å². The van der Waals surface area contributed by atoms with Crippen LogP contribution in [0.3, 0.4) is 0 Å². The lowest BCUT2D eigenvalue weighted by atomic mass is 10.2. The van der Waals surface area contributed by atoms with Gasteiger partial charge in [0.25, 0.3) is 0 Å². The maximum absolute atomic E-state index is 13.3. The number of benzene rings is 1. The predicted octanol–water partition coefficient (Wildman–Crippen LogP) is 2.97. The van der Waals surface area contributed by atoms with Crippen molar-refractivity contribution in [3.8, 4) is 5.69 Å². The van der Waals surface area contributed by atoms with Crippen molar-refractivity contribution < 1.29 is 13.1 Å². The van der Waals surface area contributed by atoms with Crippen LogP contribution in [0.15, 0.2) is 41.1 Å². The maximum atomic E-state index is 13.3. The van der Waals surface area contributed by atoms with Crippen molar-refractivity contribution in [2.75, 3.05) is 0 Å². The first-order chi connectivity index (χ1) is 11.5. The molecule has 0 saturated heterocycles. The third kappa shape index (κ3) is 3.94. The number of hydrogen-bond acceptors (Lipinski definition) is 5. The first kappa shape index (κ1) is 16.5. The number of rotatable bonds is 6. The molecule has 6 nitrogen and oxygen atoms in total. The molecule has 1 aromatic carbocycles. The van der Waals surface area contributed by atoms with Crippen LogP contribution in [0.1, 0.15) is 37.2 Å². The number of nitrogens with zero attached hydrogens (tertiary/aromatic N) is 4. The van der Waals surface area contributed by atoms with Crippen molar-refractivity contribution in [2.45, 2.75) is 31.3 Å². The lowest BCUT2D eigenvalue weighted by molar-refractivity contribution is 0.382. The van der Waals surface area contributed by atoms with Gasteiger partial charge in [0.15, 0.2) is 5.82 Å². The van der Waals surface area contributed by atoms with E-state index in [0.29, 0.717) is 23.1 Å². The van der Waals surface area contributed by atoms with Crippen molar-refractivity contribution >= 4 is 10.8 Å². The molecule has 0 fully saturated rings. The van der Waals surface area contributed by atoms with Gasteiger partial charge in [-0.2, -0.15) is 10.1 Å². The van der Waals surface area contributed by atoms with E-state index >= 15 is 0 Å². The van der Waals surface area contributed by atoms with Crippen molar-refractivity contribution in [3.05, 3.63) is 59.8 Å². The summed E-state index contributed by atoms with van der Waals surface area (Å²) in [6.07, 6.45) is 1.71. The van der Waals surface area contributed by atoms with Gasteiger partial charge in [-0.05, 0) is 24.3 Å². The third-order valence-electron chi connectivity index (χ3n) is 3.31. The molecule has 2 aromatic heterocycles. The molecular weight excluding hydrogens is 331 g/mol. The number of hydrogen-bond donors (Lipinski definition) is 0. The highest BCUT2D eigenvalue weighted by molar-refractivity contribution is 7.83. The van der Waals surface area contributed by atoms with Crippen LogP contribution in [0.5, 0.6) is 0 Å². The fraction of sp³-hybridized carbons (Fsp3) is 0.312. The van der Waals surface area contributed by atoms with Gasteiger partial charge in [-0.1, -0.05) is 25.1 Å². The highest BCUT2D eigenvalue weighted by Crippen LogP contribution is 2.13. The van der Waals surface area contributed by atoms with Gasteiger partial charge >= 0.3 is 0 Å². The minimum atomic E-state index is -1.22. The van der Waals surface area contributed by atoms with Crippen LogP contribution in [0.2, 0.25) is 0 Å². The molecule has 0 saturated carbocycles. The zero-order chi connectivity index (χ0) is 17.1. The van der Waals surface area contributed by atoms with Gasteiger partial charge in [0.2, 0.25) is 5.89 Å². The van der Waals surface area contributed by atoms with Crippen LogP contribution in [0.4, 0.5) is 4.39 Å². The van der Waals surface area contributed by atoms with E-state index in [0.717, 1.165) is 0 Å². The molecule has 0 aliphatic heterocycles. The molecular formula is C16H17FN4O2S. The van der Waals surface area contributed by atoms with Gasteiger partial charge in [0, 0.05) is 22.9 Å². The Morgan fingerprint density at radius 3 is 2.83 bits per heavy atom. The molecule has 126 valence electrons. The molecule has 24 heavy (non-hydrogen) atoms. The summed E-state index contributed by atoms with van der Waals surface area (Å²) in [6, 6.07) is 7.89. The second kappa shape index (κ2) is 7.04. The normalized spacial score (nSPS) is 12.7. The number of aromatic nitrogens is 4. The molecule has 3 aromatic rings. The molecule has 3 rings (SSSR count). The predicted molar refractivity (Wildman–Crippen MR) is 87.5 cm³/mol. The van der Waals surface area contributed by atoms with Gasteiger partial charge in [-0.3, -0.25) is 4.21 Å². The Morgan fingerprint density at radius 1 is 1.29 bits per heavy atom. The molecule has 0 N–H and O–H groups in total. The average molecular weight is 348 g/mol. The first-order valence-electron chi connectivity index (χ1n) is 7.49. The standard InChI is InChI=1S/C16H17FN4O2S/c1-11(2)16-18-15(23-20-16)10-24(22)9-13-6-7-21(19-13)14-5-3-4-12(17)8-14/h3-8,11H,9-10H2,1-2H3. The summed E-state index contributed by atoms with van der Waals surface area (Å²) < 4.78 is 32.1. The molecule has 2 heterocycles. The van der Waals surface area contributed by atoms with Crippen LogP contribution in [0.25, 0.3) is 5.69 Å². The molecule has 0 amide bonds. The Labute approximate surface area is 141 Å². The van der Waals surface area contributed by atoms with Gasteiger partial charge in [-0.15, -0.1) is 0 Å². The molecule has 0 radical (unpaired) electrons. The Morgan fingerprint density at radius 2 is 2.12 bits per heavy atom. The highest BCUT2D eigenvalue weighted by atomic mass is 32.2. The topological polar surface area (TPSA) is 73.8 Å². The molecule has 0 bridgehead atoms. The quantitative estimate of drug-likeness (QED) is 0.685. The minimum absolute atomic E-state index is 0.165. The molecule has 1 unspecified atom stereocenters. The first-order valence-corrected chi connectivity index (χ1v) is 8.98. The molecule has 0 spiro atoms. The number of halogens is 1. The van der Waals surface area contributed by atoms with Crippen LogP contribution in [-0.4, -0.2) is 24.1 Å². The van der Waals surface area contributed by atoms with Crippen LogP contribution in [-0.2, 0) is 22.3 Å². The largest absolute Gasteiger partial charge is 0.338 e. The van der Waals surface area contributed by atoms with E-state index in [1.54, 1.807) is 29.1 Å². The van der Waals surface area contributed by atoms with E-state index in [1.807, 2.05) is 13.8 Å². The Hall–Kier alpha value is -2.35. The van der Waals surface area contributed by atoms with Crippen molar-refractivity contribution in [3.63, 3.8) is 0 Å². The Bertz CT molecular complexity index is 859. The second-order valence-corrected chi connectivity index (χ2v) is 7.12. The SMILES string of the molecule is CC(C)c1noc(CS(=O)Cc2ccn(-c3cccc(F)c3)n2)n1. The van der Waals surface area contributed by atoms with E-state index in [-0.39, 0.29) is 23.2 Å². The molecule has 0 aliphatic rings. The van der Waals surface area contributed by atoms with Gasteiger partial charge in [-0.25, -0.2) is 9.07 Å². The summed E-state index contributed by atoms with van der Waals surface area (Å²) in [5, 5.41) is 8.18. The summed E-state index contributed by atoms with van der Waals surface area (Å²) in [4.78, 5) is 4.22. The zero-order valence-corrected chi connectivity index (χ0v) is 14.2. The van der Waals surface area contributed by atoms with Crippen LogP contribution in [0, 0.1) is 5.82 Å². The second-order valence-electron chi connectivity index (χ2n) is 5.66. The monoisotopic (exact) mass is 348 g/mol. The van der Waals surface area contributed by atoms with Crippen molar-refractivity contribution in [1.82, 2.24) is 19.9 Å². The minimum Gasteiger partial charge on any atom is -0.338 e. The molecule has 0 aliphatic carbocycles. The Balaban J connectivity index is 1.64. The molecule has 8 heteroatoms. The highest BCUT2D eigenvalue weighted by Gasteiger charge is 2.14. The summed E-state index contributed by atoms with van der Waals surface area (Å²) >= 11 is 0. The summed E-state index contributed by atoms with van der Waals surface area (Å²) in [6.45, 7) is 3.93.